The SMILES string of the molecule is CCN(CCNC(=O)COCC1OCC[C@@H](OC(=O)N2CCN(C(=O)C3CCC(CN)CC3)C2)C1OCc1ccccc1)C(=O)NCc1ccc(CN)cc1. The molecule has 15 nitrogen and oxygen atoms in total. The van der Waals surface area contributed by atoms with E-state index >= 15 is 0 Å². The van der Waals surface area contributed by atoms with E-state index in [1.54, 1.807) is 14.7 Å². The first-order valence-corrected chi connectivity index (χ1v) is 19.6. The third kappa shape index (κ3) is 12.6. The Morgan fingerprint density at radius 1 is 0.891 bits per heavy atom. The average molecular weight is 766 g/mol. The summed E-state index contributed by atoms with van der Waals surface area (Å²) in [5.41, 5.74) is 14.4. The van der Waals surface area contributed by atoms with Crippen molar-refractivity contribution in [3.63, 3.8) is 0 Å². The zero-order valence-corrected chi connectivity index (χ0v) is 32.1. The van der Waals surface area contributed by atoms with Crippen LogP contribution in [-0.4, -0.2) is 123 Å². The maximum atomic E-state index is 13.4. The normalized spacial score (nSPS) is 22.6. The number of nitrogens with two attached hydrogens (primary N) is 2. The summed E-state index contributed by atoms with van der Waals surface area (Å²) in [6.07, 6.45) is 1.62. The van der Waals surface area contributed by atoms with Crippen molar-refractivity contribution in [2.75, 3.05) is 65.8 Å². The van der Waals surface area contributed by atoms with E-state index in [2.05, 4.69) is 10.6 Å². The van der Waals surface area contributed by atoms with Gasteiger partial charge >= 0.3 is 12.1 Å². The molecule has 0 radical (unpaired) electrons. The number of hydrogen-bond donors (Lipinski definition) is 4. The molecular weight excluding hydrogens is 706 g/mol. The smallest absolute Gasteiger partial charge is 0.411 e. The Bertz CT molecular complexity index is 1510. The average Bonchev–Trinajstić information content (AvgIpc) is 3.72. The van der Waals surface area contributed by atoms with Crippen LogP contribution in [0.2, 0.25) is 0 Å². The van der Waals surface area contributed by atoms with Crippen LogP contribution in [0.3, 0.4) is 0 Å². The van der Waals surface area contributed by atoms with Crippen LogP contribution in [0.1, 0.15) is 55.7 Å². The molecule has 0 spiro atoms. The van der Waals surface area contributed by atoms with Crippen molar-refractivity contribution < 1.29 is 38.1 Å². The Morgan fingerprint density at radius 3 is 2.33 bits per heavy atom. The maximum absolute atomic E-state index is 13.4. The molecule has 5 rings (SSSR count). The molecule has 2 aliphatic heterocycles. The second kappa shape index (κ2) is 21.7. The maximum Gasteiger partial charge on any atom is 0.411 e. The van der Waals surface area contributed by atoms with Crippen molar-refractivity contribution in [2.24, 2.45) is 23.3 Å². The molecular formula is C40H59N7O8. The monoisotopic (exact) mass is 765 g/mol. The van der Waals surface area contributed by atoms with E-state index in [0.717, 1.165) is 42.4 Å². The Morgan fingerprint density at radius 2 is 1.62 bits per heavy atom. The minimum atomic E-state index is -0.658. The standard InChI is InChI=1S/C40H59N7O8/c1-2-45(39(50)44-24-31-10-8-29(22-41)9-11-31)18-17-43-36(48)27-52-26-35-37(54-25-32-6-4-3-5-7-32)34(16-21-53-35)55-40(51)47-20-19-46(28-47)38(49)33-14-12-30(23-42)13-15-33/h3-11,30,33-35,37H,2,12-28,41-42H2,1H3,(H,43,48)(H,44,50)/t30?,33?,34-,35?,37?/m1/s1. The van der Waals surface area contributed by atoms with Crippen LogP contribution in [0.4, 0.5) is 9.59 Å². The van der Waals surface area contributed by atoms with Crippen LogP contribution < -0.4 is 22.1 Å². The van der Waals surface area contributed by atoms with Crippen LogP contribution in [0.15, 0.2) is 54.6 Å². The van der Waals surface area contributed by atoms with E-state index in [-0.39, 0.29) is 56.8 Å². The number of ether oxygens (including phenoxy) is 4. The number of amides is 5. The van der Waals surface area contributed by atoms with Gasteiger partial charge in [0.15, 0.2) is 0 Å². The lowest BCUT2D eigenvalue weighted by atomic mass is 9.81. The van der Waals surface area contributed by atoms with E-state index in [1.165, 1.54) is 0 Å². The molecule has 3 fully saturated rings. The summed E-state index contributed by atoms with van der Waals surface area (Å²) in [6, 6.07) is 17.2. The fourth-order valence-electron chi connectivity index (χ4n) is 7.24. The lowest BCUT2D eigenvalue weighted by molar-refractivity contribution is -0.182. The molecule has 2 saturated heterocycles. The lowest BCUT2D eigenvalue weighted by Crippen LogP contribution is -2.51. The van der Waals surface area contributed by atoms with E-state index in [4.69, 9.17) is 30.4 Å². The van der Waals surface area contributed by atoms with E-state index in [9.17, 15) is 19.2 Å². The minimum Gasteiger partial charge on any atom is -0.443 e. The number of likely N-dealkylation sites (N-methyl/N-ethyl adjacent to an activating group) is 1. The van der Waals surface area contributed by atoms with Gasteiger partial charge in [-0.25, -0.2) is 9.59 Å². The Hall–Kier alpha value is -4.28. The number of hydrogen-bond acceptors (Lipinski definition) is 10. The predicted octanol–water partition coefficient (Wildman–Crippen LogP) is 2.56. The van der Waals surface area contributed by atoms with Crippen LogP contribution in [-0.2, 0) is 48.2 Å². The second-order valence-electron chi connectivity index (χ2n) is 14.5. The predicted molar refractivity (Wildman–Crippen MR) is 205 cm³/mol. The van der Waals surface area contributed by atoms with Gasteiger partial charge < -0.3 is 50.8 Å². The van der Waals surface area contributed by atoms with Gasteiger partial charge in [-0.05, 0) is 61.8 Å². The highest BCUT2D eigenvalue weighted by molar-refractivity contribution is 5.80. The molecule has 3 atom stereocenters. The van der Waals surface area contributed by atoms with Crippen molar-refractivity contribution >= 4 is 23.9 Å². The molecule has 2 aromatic rings. The largest absolute Gasteiger partial charge is 0.443 e. The summed E-state index contributed by atoms with van der Waals surface area (Å²) in [7, 11) is 0. The molecule has 6 N–H and O–H groups in total. The number of carbonyl (C=O) groups excluding carboxylic acids is 4. The van der Waals surface area contributed by atoms with E-state index in [0.29, 0.717) is 64.8 Å². The zero-order valence-electron chi connectivity index (χ0n) is 32.1. The number of nitrogens with zero attached hydrogens (tertiary/aromatic N) is 3. The van der Waals surface area contributed by atoms with Gasteiger partial charge in [-0.15, -0.1) is 0 Å². The quantitative estimate of drug-likeness (QED) is 0.186. The molecule has 302 valence electrons. The van der Waals surface area contributed by atoms with Gasteiger partial charge in [-0.3, -0.25) is 14.5 Å². The Balaban J connectivity index is 1.07. The fourth-order valence-corrected chi connectivity index (χ4v) is 7.24. The molecule has 1 aliphatic carbocycles. The van der Waals surface area contributed by atoms with Gasteiger partial charge in [0, 0.05) is 58.2 Å². The Labute approximate surface area is 324 Å². The molecule has 2 heterocycles. The number of urea groups is 1. The van der Waals surface area contributed by atoms with Crippen LogP contribution in [0, 0.1) is 11.8 Å². The van der Waals surface area contributed by atoms with Gasteiger partial charge in [0.05, 0.1) is 26.5 Å². The molecule has 15 heteroatoms. The molecule has 2 unspecified atom stereocenters. The topological polar surface area (TPSA) is 191 Å². The fraction of sp³-hybridized carbons (Fsp3) is 0.600. The van der Waals surface area contributed by atoms with Crippen molar-refractivity contribution in [3.05, 3.63) is 71.3 Å². The zero-order chi connectivity index (χ0) is 39.0. The van der Waals surface area contributed by atoms with Gasteiger partial charge in [0.25, 0.3) is 0 Å². The van der Waals surface area contributed by atoms with Gasteiger partial charge in [-0.1, -0.05) is 54.6 Å². The molecule has 3 aliphatic rings. The van der Waals surface area contributed by atoms with Crippen molar-refractivity contribution in [1.82, 2.24) is 25.3 Å². The number of benzene rings is 2. The van der Waals surface area contributed by atoms with E-state index in [1.807, 2.05) is 61.5 Å². The summed E-state index contributed by atoms with van der Waals surface area (Å²) in [6.45, 7) is 5.89. The van der Waals surface area contributed by atoms with Gasteiger partial charge in [-0.2, -0.15) is 0 Å². The van der Waals surface area contributed by atoms with Crippen molar-refractivity contribution in [3.8, 4) is 0 Å². The van der Waals surface area contributed by atoms with Gasteiger partial charge in [0.2, 0.25) is 11.8 Å². The third-order valence-electron chi connectivity index (χ3n) is 10.7. The first-order chi connectivity index (χ1) is 26.8. The molecule has 0 aromatic heterocycles. The molecule has 1 saturated carbocycles. The van der Waals surface area contributed by atoms with Crippen molar-refractivity contribution in [2.45, 2.75) is 77.0 Å². The summed E-state index contributed by atoms with van der Waals surface area (Å²) in [4.78, 5) is 57.1. The number of rotatable bonds is 17. The molecule has 5 amide bonds. The summed E-state index contributed by atoms with van der Waals surface area (Å²) < 4.78 is 24.2. The highest BCUT2D eigenvalue weighted by Gasteiger charge is 2.40. The van der Waals surface area contributed by atoms with Gasteiger partial charge in [0.1, 0.15) is 24.9 Å². The highest BCUT2D eigenvalue weighted by atomic mass is 16.6. The van der Waals surface area contributed by atoms with E-state index < -0.39 is 24.4 Å². The molecule has 55 heavy (non-hydrogen) atoms. The molecule has 0 bridgehead atoms. The highest BCUT2D eigenvalue weighted by Crippen LogP contribution is 2.30. The Kier molecular flexibility index (Phi) is 16.5. The molecule has 2 aromatic carbocycles. The third-order valence-corrected chi connectivity index (χ3v) is 10.7. The summed E-state index contributed by atoms with van der Waals surface area (Å²) in [5, 5.41) is 5.72. The first kappa shape index (κ1) is 41.9. The van der Waals surface area contributed by atoms with Crippen LogP contribution in [0.5, 0.6) is 0 Å². The van der Waals surface area contributed by atoms with Crippen LogP contribution in [0.25, 0.3) is 0 Å². The number of carbonyl (C=O) groups is 4. The summed E-state index contributed by atoms with van der Waals surface area (Å²) in [5.74, 6) is 0.216. The van der Waals surface area contributed by atoms with Crippen LogP contribution >= 0.6 is 0 Å². The minimum absolute atomic E-state index is 0.0260. The first-order valence-electron chi connectivity index (χ1n) is 19.6. The summed E-state index contributed by atoms with van der Waals surface area (Å²) >= 11 is 0. The van der Waals surface area contributed by atoms with Crippen molar-refractivity contribution in [1.29, 1.82) is 0 Å². The lowest BCUT2D eigenvalue weighted by Gasteiger charge is -2.37. The number of nitrogens with one attached hydrogen (secondary N) is 2. The second-order valence-corrected chi connectivity index (χ2v) is 14.5.